The van der Waals surface area contributed by atoms with E-state index in [4.69, 9.17) is 20.8 Å². The molecule has 0 unspecified atom stereocenters. The summed E-state index contributed by atoms with van der Waals surface area (Å²) >= 11 is 5.98. The average molecular weight is 371 g/mol. The Balaban J connectivity index is 1.50. The van der Waals surface area contributed by atoms with Gasteiger partial charge in [0.25, 0.3) is 11.8 Å². The second-order valence-corrected chi connectivity index (χ2v) is 5.68. The van der Waals surface area contributed by atoms with E-state index in [1.807, 2.05) is 0 Å². The molecule has 2 aromatic carbocycles. The molecule has 0 fully saturated rings. The molecular formula is C19H15ClN2O4. The Morgan fingerprint density at radius 2 is 1.73 bits per heavy atom. The quantitative estimate of drug-likeness (QED) is 0.681. The minimum atomic E-state index is -0.345. The van der Waals surface area contributed by atoms with Crippen molar-refractivity contribution in [1.29, 1.82) is 0 Å². The summed E-state index contributed by atoms with van der Waals surface area (Å²) in [4.78, 5) is 23.8. The summed E-state index contributed by atoms with van der Waals surface area (Å²) in [6.07, 6.45) is 1.43. The largest absolute Gasteiger partial charge is 0.484 e. The number of hydrogen-bond acceptors (Lipinski definition) is 4. The second-order valence-electron chi connectivity index (χ2n) is 5.27. The minimum absolute atomic E-state index is 0.163. The van der Waals surface area contributed by atoms with Gasteiger partial charge in [-0.2, -0.15) is 0 Å². The predicted molar refractivity (Wildman–Crippen MR) is 98.7 cm³/mol. The number of rotatable bonds is 6. The summed E-state index contributed by atoms with van der Waals surface area (Å²) in [6, 6.07) is 16.8. The maximum atomic E-state index is 11.9. The van der Waals surface area contributed by atoms with Crippen LogP contribution in [0.4, 0.5) is 11.4 Å². The maximum Gasteiger partial charge on any atom is 0.291 e. The van der Waals surface area contributed by atoms with Gasteiger partial charge in [-0.3, -0.25) is 9.59 Å². The van der Waals surface area contributed by atoms with Crippen LogP contribution in [0, 0.1) is 0 Å². The van der Waals surface area contributed by atoms with Gasteiger partial charge in [-0.25, -0.2) is 0 Å². The number of para-hydroxylation sites is 1. The monoisotopic (exact) mass is 370 g/mol. The van der Waals surface area contributed by atoms with Crippen molar-refractivity contribution in [2.45, 2.75) is 0 Å². The molecule has 0 radical (unpaired) electrons. The van der Waals surface area contributed by atoms with Gasteiger partial charge < -0.3 is 19.8 Å². The number of halogens is 1. The normalized spacial score (nSPS) is 10.2. The van der Waals surface area contributed by atoms with Gasteiger partial charge in [0.2, 0.25) is 0 Å². The smallest absolute Gasteiger partial charge is 0.291 e. The first kappa shape index (κ1) is 17.6. The van der Waals surface area contributed by atoms with Gasteiger partial charge in [0, 0.05) is 5.69 Å². The van der Waals surface area contributed by atoms with Crippen LogP contribution >= 0.6 is 11.6 Å². The van der Waals surface area contributed by atoms with Crippen LogP contribution in [0.5, 0.6) is 5.75 Å². The number of furan rings is 1. The van der Waals surface area contributed by atoms with Crippen molar-refractivity contribution in [3.8, 4) is 5.75 Å². The van der Waals surface area contributed by atoms with Crippen molar-refractivity contribution in [3.05, 3.63) is 77.7 Å². The number of nitrogens with one attached hydrogen (secondary N) is 2. The molecule has 3 aromatic rings. The van der Waals surface area contributed by atoms with Crippen molar-refractivity contribution in [3.63, 3.8) is 0 Å². The van der Waals surface area contributed by atoms with E-state index in [9.17, 15) is 9.59 Å². The number of hydrogen-bond donors (Lipinski definition) is 2. The molecular weight excluding hydrogens is 356 g/mol. The molecule has 7 heteroatoms. The van der Waals surface area contributed by atoms with Crippen LogP contribution in [-0.4, -0.2) is 18.4 Å². The Labute approximate surface area is 154 Å². The fraction of sp³-hybridized carbons (Fsp3) is 0.0526. The molecule has 0 aliphatic carbocycles. The number of carbonyl (C=O) groups is 2. The lowest BCUT2D eigenvalue weighted by atomic mass is 10.3. The van der Waals surface area contributed by atoms with E-state index in [1.165, 1.54) is 6.26 Å². The van der Waals surface area contributed by atoms with E-state index >= 15 is 0 Å². The minimum Gasteiger partial charge on any atom is -0.484 e. The van der Waals surface area contributed by atoms with Crippen molar-refractivity contribution in [2.75, 3.05) is 17.2 Å². The van der Waals surface area contributed by atoms with Crippen LogP contribution in [0.2, 0.25) is 5.02 Å². The molecule has 0 saturated carbocycles. The molecule has 26 heavy (non-hydrogen) atoms. The number of carbonyl (C=O) groups excluding carboxylic acids is 2. The van der Waals surface area contributed by atoms with Gasteiger partial charge >= 0.3 is 0 Å². The van der Waals surface area contributed by atoms with Crippen LogP contribution in [0.25, 0.3) is 0 Å². The predicted octanol–water partition coefficient (Wildman–Crippen LogP) is 4.20. The van der Waals surface area contributed by atoms with Gasteiger partial charge in [-0.1, -0.05) is 23.7 Å². The lowest BCUT2D eigenvalue weighted by Gasteiger charge is -2.09. The Morgan fingerprint density at radius 3 is 2.42 bits per heavy atom. The number of ether oxygens (including phenoxy) is 1. The van der Waals surface area contributed by atoms with E-state index < -0.39 is 0 Å². The summed E-state index contributed by atoms with van der Waals surface area (Å²) in [5, 5.41) is 5.82. The second kappa shape index (κ2) is 8.22. The van der Waals surface area contributed by atoms with Crippen molar-refractivity contribution >= 4 is 34.8 Å². The summed E-state index contributed by atoms with van der Waals surface area (Å²) in [6.45, 7) is -0.163. The van der Waals surface area contributed by atoms with Gasteiger partial charge in [0.05, 0.1) is 17.0 Å². The Kier molecular flexibility index (Phi) is 5.56. The zero-order valence-electron chi connectivity index (χ0n) is 13.6. The Morgan fingerprint density at radius 1 is 0.962 bits per heavy atom. The molecule has 0 aliphatic heterocycles. The highest BCUT2D eigenvalue weighted by molar-refractivity contribution is 6.33. The maximum absolute atomic E-state index is 11.9. The molecule has 0 bridgehead atoms. The SMILES string of the molecule is O=C(COc1ccc(NC(=O)c2ccco2)cc1)Nc1ccccc1Cl. The van der Waals surface area contributed by atoms with Crippen LogP contribution in [0.3, 0.4) is 0 Å². The number of anilines is 2. The third kappa shape index (κ3) is 4.64. The highest BCUT2D eigenvalue weighted by Gasteiger charge is 2.09. The van der Waals surface area contributed by atoms with Crippen LogP contribution in [0.1, 0.15) is 10.6 Å². The molecule has 1 heterocycles. The van der Waals surface area contributed by atoms with Crippen LogP contribution in [0.15, 0.2) is 71.3 Å². The van der Waals surface area contributed by atoms with Gasteiger partial charge in [-0.15, -0.1) is 0 Å². The summed E-state index contributed by atoms with van der Waals surface area (Å²) in [7, 11) is 0. The molecule has 6 nitrogen and oxygen atoms in total. The first-order chi connectivity index (χ1) is 12.6. The lowest BCUT2D eigenvalue weighted by Crippen LogP contribution is -2.20. The standard InChI is InChI=1S/C19H15ClN2O4/c20-15-4-1-2-5-16(15)22-18(23)12-26-14-9-7-13(8-10-14)21-19(24)17-6-3-11-25-17/h1-11H,12H2,(H,21,24)(H,22,23). The van der Waals surface area contributed by atoms with Crippen molar-refractivity contribution in [2.24, 2.45) is 0 Å². The zero-order valence-corrected chi connectivity index (χ0v) is 14.3. The van der Waals surface area contributed by atoms with E-state index in [0.717, 1.165) is 0 Å². The number of benzene rings is 2. The van der Waals surface area contributed by atoms with E-state index in [1.54, 1.807) is 60.7 Å². The molecule has 2 amide bonds. The molecule has 0 atom stereocenters. The third-order valence-corrected chi connectivity index (χ3v) is 3.70. The van der Waals surface area contributed by atoms with E-state index in [-0.39, 0.29) is 24.2 Å². The molecule has 3 rings (SSSR count). The van der Waals surface area contributed by atoms with Crippen molar-refractivity contribution < 1.29 is 18.7 Å². The lowest BCUT2D eigenvalue weighted by molar-refractivity contribution is -0.118. The highest BCUT2D eigenvalue weighted by Crippen LogP contribution is 2.20. The molecule has 0 aliphatic rings. The molecule has 132 valence electrons. The van der Waals surface area contributed by atoms with Crippen molar-refractivity contribution in [1.82, 2.24) is 0 Å². The number of amides is 2. The van der Waals surface area contributed by atoms with Crippen LogP contribution in [-0.2, 0) is 4.79 Å². The van der Waals surface area contributed by atoms with E-state index in [2.05, 4.69) is 10.6 Å². The molecule has 0 saturated heterocycles. The third-order valence-electron chi connectivity index (χ3n) is 3.38. The Bertz CT molecular complexity index is 892. The van der Waals surface area contributed by atoms with Crippen LogP contribution < -0.4 is 15.4 Å². The summed E-state index contributed by atoms with van der Waals surface area (Å²) < 4.78 is 10.4. The molecule has 0 spiro atoms. The van der Waals surface area contributed by atoms with Gasteiger partial charge in [-0.05, 0) is 48.5 Å². The molecule has 2 N–H and O–H groups in total. The highest BCUT2D eigenvalue weighted by atomic mass is 35.5. The Hall–Kier alpha value is -3.25. The fourth-order valence-corrected chi connectivity index (χ4v) is 2.32. The van der Waals surface area contributed by atoms with E-state index in [0.29, 0.717) is 22.1 Å². The zero-order chi connectivity index (χ0) is 18.4. The average Bonchev–Trinajstić information content (AvgIpc) is 3.18. The fourth-order valence-electron chi connectivity index (χ4n) is 2.13. The van der Waals surface area contributed by atoms with Gasteiger partial charge in [0.1, 0.15) is 5.75 Å². The molecule has 1 aromatic heterocycles. The first-order valence-corrected chi connectivity index (χ1v) is 8.12. The topological polar surface area (TPSA) is 80.6 Å². The first-order valence-electron chi connectivity index (χ1n) is 7.74. The summed E-state index contributed by atoms with van der Waals surface area (Å²) in [5.41, 5.74) is 1.11. The summed E-state index contributed by atoms with van der Waals surface area (Å²) in [5.74, 6) is 0.0490. The van der Waals surface area contributed by atoms with Gasteiger partial charge in [0.15, 0.2) is 12.4 Å².